The van der Waals surface area contributed by atoms with Crippen LogP contribution in [0.5, 0.6) is 0 Å². The fraction of sp³-hybridized carbons (Fsp3) is 0.625. The molecule has 1 saturated heterocycles. The molecule has 0 amide bonds. The van der Waals surface area contributed by atoms with E-state index in [4.69, 9.17) is 0 Å². The second-order valence-electron chi connectivity index (χ2n) is 8.98. The Labute approximate surface area is 213 Å². The first-order valence-corrected chi connectivity index (χ1v) is 12.0. The third-order valence-corrected chi connectivity index (χ3v) is 6.48. The van der Waals surface area contributed by atoms with Crippen LogP contribution >= 0.6 is 24.0 Å². The molecule has 33 heavy (non-hydrogen) atoms. The molecule has 2 N–H and O–H groups in total. The number of halogens is 2. The van der Waals surface area contributed by atoms with E-state index in [1.54, 1.807) is 13.1 Å². The number of aliphatic imine (C=N–C) groups is 1. The quantitative estimate of drug-likeness (QED) is 0.240. The van der Waals surface area contributed by atoms with Crippen molar-refractivity contribution in [1.82, 2.24) is 25.4 Å². The average molecular weight is 570 g/mol. The van der Waals surface area contributed by atoms with E-state index in [0.29, 0.717) is 5.69 Å². The Kier molecular flexibility index (Phi) is 9.76. The predicted molar refractivity (Wildman–Crippen MR) is 142 cm³/mol. The van der Waals surface area contributed by atoms with Crippen molar-refractivity contribution in [2.24, 2.45) is 4.99 Å². The van der Waals surface area contributed by atoms with E-state index in [-0.39, 0.29) is 35.8 Å². The van der Waals surface area contributed by atoms with Gasteiger partial charge in [-0.1, -0.05) is 12.5 Å². The zero-order chi connectivity index (χ0) is 22.3. The third-order valence-electron chi connectivity index (χ3n) is 6.48. The van der Waals surface area contributed by atoms with Gasteiger partial charge in [-0.3, -0.25) is 4.99 Å². The number of aryl methyl sites for hydroxylation is 3. The summed E-state index contributed by atoms with van der Waals surface area (Å²) in [6.07, 6.45) is 8.74. The van der Waals surface area contributed by atoms with Crippen LogP contribution in [-0.4, -0.2) is 53.4 Å². The fourth-order valence-corrected chi connectivity index (χ4v) is 4.75. The minimum absolute atomic E-state index is 0. The summed E-state index contributed by atoms with van der Waals surface area (Å²) >= 11 is 0. The standard InChI is InChI=1S/C24H36FN7.HI/c1-18-11-12-20(25)21(16-18)31-14-7-8-19(17-31)28-24(26-2)27-13-6-10-23-30-29-22-9-4-3-5-15-32(22)23;/h11-12,16,19H,3-10,13-15,17H2,1-2H3,(H2,26,27,28);1H. The zero-order valence-electron chi connectivity index (χ0n) is 19.8. The number of hydrogen-bond donors (Lipinski definition) is 2. The Bertz CT molecular complexity index is 930. The van der Waals surface area contributed by atoms with Crippen molar-refractivity contribution in [1.29, 1.82) is 0 Å². The van der Waals surface area contributed by atoms with Crippen LogP contribution in [0.2, 0.25) is 0 Å². The number of rotatable bonds is 6. The first-order valence-electron chi connectivity index (χ1n) is 12.0. The predicted octanol–water partition coefficient (Wildman–Crippen LogP) is 3.84. The first-order chi connectivity index (χ1) is 15.6. The van der Waals surface area contributed by atoms with E-state index in [0.717, 1.165) is 81.5 Å². The lowest BCUT2D eigenvalue weighted by Gasteiger charge is -2.35. The maximum Gasteiger partial charge on any atom is 0.191 e. The van der Waals surface area contributed by atoms with Crippen molar-refractivity contribution in [2.75, 3.05) is 31.6 Å². The lowest BCUT2D eigenvalue weighted by atomic mass is 10.0. The maximum absolute atomic E-state index is 14.4. The molecule has 7 nitrogen and oxygen atoms in total. The molecular weight excluding hydrogens is 532 g/mol. The monoisotopic (exact) mass is 569 g/mol. The highest BCUT2D eigenvalue weighted by atomic mass is 127. The van der Waals surface area contributed by atoms with Crippen molar-refractivity contribution in [3.63, 3.8) is 0 Å². The third kappa shape index (κ3) is 6.80. The molecule has 1 aromatic carbocycles. The smallest absolute Gasteiger partial charge is 0.191 e. The molecule has 0 radical (unpaired) electrons. The normalized spacial score (nSPS) is 18.8. The van der Waals surface area contributed by atoms with Crippen molar-refractivity contribution < 1.29 is 4.39 Å². The summed E-state index contributed by atoms with van der Waals surface area (Å²) in [5, 5.41) is 15.8. The lowest BCUT2D eigenvalue weighted by Crippen LogP contribution is -2.51. The molecule has 1 unspecified atom stereocenters. The second kappa shape index (κ2) is 12.5. The van der Waals surface area contributed by atoms with Gasteiger partial charge in [0.1, 0.15) is 17.5 Å². The van der Waals surface area contributed by atoms with Crippen molar-refractivity contribution in [2.45, 2.75) is 70.9 Å². The minimum Gasteiger partial charge on any atom is -0.367 e. The van der Waals surface area contributed by atoms with Gasteiger partial charge in [0.25, 0.3) is 0 Å². The Morgan fingerprint density at radius 1 is 1.18 bits per heavy atom. The number of anilines is 1. The van der Waals surface area contributed by atoms with E-state index >= 15 is 0 Å². The maximum atomic E-state index is 14.4. The van der Waals surface area contributed by atoms with Crippen LogP contribution in [0.15, 0.2) is 23.2 Å². The highest BCUT2D eigenvalue weighted by Gasteiger charge is 2.23. The molecule has 2 aliphatic rings. The van der Waals surface area contributed by atoms with Gasteiger partial charge in [0.2, 0.25) is 0 Å². The Balaban J connectivity index is 0.00000306. The van der Waals surface area contributed by atoms with Gasteiger partial charge in [0.15, 0.2) is 5.96 Å². The summed E-state index contributed by atoms with van der Waals surface area (Å²) in [4.78, 5) is 6.54. The highest BCUT2D eigenvalue weighted by Crippen LogP contribution is 2.24. The summed E-state index contributed by atoms with van der Waals surface area (Å²) < 4.78 is 16.7. The highest BCUT2D eigenvalue weighted by molar-refractivity contribution is 14.0. The van der Waals surface area contributed by atoms with Crippen LogP contribution in [0.25, 0.3) is 0 Å². The van der Waals surface area contributed by atoms with E-state index in [2.05, 4.69) is 35.3 Å². The van der Waals surface area contributed by atoms with Gasteiger partial charge in [-0.15, -0.1) is 34.2 Å². The molecule has 0 spiro atoms. The number of nitrogens with zero attached hydrogens (tertiary/aromatic N) is 5. The van der Waals surface area contributed by atoms with E-state index in [9.17, 15) is 4.39 Å². The van der Waals surface area contributed by atoms with Crippen molar-refractivity contribution >= 4 is 35.6 Å². The van der Waals surface area contributed by atoms with Crippen molar-refractivity contribution in [3.8, 4) is 0 Å². The van der Waals surface area contributed by atoms with Gasteiger partial charge < -0.3 is 20.1 Å². The van der Waals surface area contributed by atoms with Gasteiger partial charge in [0.05, 0.1) is 5.69 Å². The first kappa shape index (κ1) is 25.7. The molecule has 0 bridgehead atoms. The number of nitrogens with one attached hydrogen (secondary N) is 2. The van der Waals surface area contributed by atoms with Gasteiger partial charge in [0, 0.05) is 52.1 Å². The minimum atomic E-state index is -0.148. The van der Waals surface area contributed by atoms with Gasteiger partial charge in [-0.2, -0.15) is 0 Å². The molecular formula is C24H37FIN7. The molecule has 1 atom stereocenters. The van der Waals surface area contributed by atoms with Gasteiger partial charge >= 0.3 is 0 Å². The van der Waals surface area contributed by atoms with Crippen LogP contribution in [0.1, 0.15) is 55.7 Å². The lowest BCUT2D eigenvalue weighted by molar-refractivity contribution is 0.462. The zero-order valence-corrected chi connectivity index (χ0v) is 22.1. The summed E-state index contributed by atoms with van der Waals surface area (Å²) in [7, 11) is 1.80. The molecule has 182 valence electrons. The van der Waals surface area contributed by atoms with E-state index in [1.165, 1.54) is 19.3 Å². The van der Waals surface area contributed by atoms with Crippen LogP contribution in [-0.2, 0) is 19.4 Å². The summed E-state index contributed by atoms with van der Waals surface area (Å²) in [6.45, 7) is 5.53. The Morgan fingerprint density at radius 2 is 2.06 bits per heavy atom. The second-order valence-corrected chi connectivity index (χ2v) is 8.98. The van der Waals surface area contributed by atoms with E-state index < -0.39 is 0 Å². The fourth-order valence-electron chi connectivity index (χ4n) is 4.75. The van der Waals surface area contributed by atoms with Crippen LogP contribution in [0.3, 0.4) is 0 Å². The SMILES string of the molecule is CN=C(NCCCc1nnc2n1CCCCC2)NC1CCCN(c2cc(C)ccc2F)C1.I. The molecule has 9 heteroatoms. The molecule has 0 saturated carbocycles. The number of guanidine groups is 1. The number of piperidine rings is 1. The molecule has 3 heterocycles. The molecule has 1 aromatic heterocycles. The van der Waals surface area contributed by atoms with Crippen molar-refractivity contribution in [3.05, 3.63) is 41.2 Å². The number of aromatic nitrogens is 3. The summed E-state index contributed by atoms with van der Waals surface area (Å²) in [5.74, 6) is 2.91. The summed E-state index contributed by atoms with van der Waals surface area (Å²) in [5.41, 5.74) is 1.78. The number of benzene rings is 1. The van der Waals surface area contributed by atoms with E-state index in [1.807, 2.05) is 19.1 Å². The number of fused-ring (bicyclic) bond motifs is 1. The molecule has 2 aliphatic heterocycles. The molecule has 4 rings (SSSR count). The molecule has 1 fully saturated rings. The van der Waals surface area contributed by atoms with Crippen LogP contribution < -0.4 is 15.5 Å². The average Bonchev–Trinajstić information content (AvgIpc) is 3.03. The van der Waals surface area contributed by atoms with Crippen LogP contribution in [0, 0.1) is 12.7 Å². The molecule has 0 aliphatic carbocycles. The van der Waals surface area contributed by atoms with Gasteiger partial charge in [-0.25, -0.2) is 4.39 Å². The van der Waals surface area contributed by atoms with Crippen LogP contribution in [0.4, 0.5) is 10.1 Å². The Hall–Kier alpha value is -1.91. The Morgan fingerprint density at radius 3 is 2.91 bits per heavy atom. The number of hydrogen-bond acceptors (Lipinski definition) is 4. The summed E-state index contributed by atoms with van der Waals surface area (Å²) in [6, 6.07) is 5.57. The molecule has 2 aromatic rings. The van der Waals surface area contributed by atoms with Gasteiger partial charge in [-0.05, 0) is 56.7 Å². The largest absolute Gasteiger partial charge is 0.367 e. The topological polar surface area (TPSA) is 70.4 Å².